The van der Waals surface area contributed by atoms with Gasteiger partial charge in [-0.3, -0.25) is 0 Å². The summed E-state index contributed by atoms with van der Waals surface area (Å²) in [6.07, 6.45) is 0. The zero-order valence-electron chi connectivity index (χ0n) is 8.80. The van der Waals surface area contributed by atoms with E-state index in [1.807, 2.05) is 31.2 Å². The standard InChI is InChI=1S/C12H11NO2S/c1-2-16-11-9(12(14)15)7-8-5-3-4-6-10(8)13-11/h3-7H,2H2,1H3,(H,14,15). The monoisotopic (exact) mass is 233 g/mol. The number of nitrogens with zero attached hydrogens (tertiary/aromatic N) is 1. The smallest absolute Gasteiger partial charge is 0.338 e. The summed E-state index contributed by atoms with van der Waals surface area (Å²) in [4.78, 5) is 15.5. The highest BCUT2D eigenvalue weighted by atomic mass is 32.2. The molecule has 4 heteroatoms. The number of pyridine rings is 1. The number of aromatic nitrogens is 1. The highest BCUT2D eigenvalue weighted by Gasteiger charge is 2.12. The molecule has 1 N–H and O–H groups in total. The topological polar surface area (TPSA) is 50.2 Å². The quantitative estimate of drug-likeness (QED) is 0.828. The highest BCUT2D eigenvalue weighted by molar-refractivity contribution is 7.99. The van der Waals surface area contributed by atoms with Crippen LogP contribution in [0.15, 0.2) is 35.4 Å². The van der Waals surface area contributed by atoms with Crippen LogP contribution in [0.1, 0.15) is 17.3 Å². The molecule has 0 radical (unpaired) electrons. The van der Waals surface area contributed by atoms with Crippen molar-refractivity contribution in [3.63, 3.8) is 0 Å². The number of para-hydroxylation sites is 1. The van der Waals surface area contributed by atoms with E-state index in [0.717, 1.165) is 16.7 Å². The Hall–Kier alpha value is -1.55. The van der Waals surface area contributed by atoms with Crippen molar-refractivity contribution < 1.29 is 9.90 Å². The van der Waals surface area contributed by atoms with Crippen molar-refractivity contribution in [2.75, 3.05) is 5.75 Å². The van der Waals surface area contributed by atoms with Gasteiger partial charge in [-0.2, -0.15) is 0 Å². The molecule has 0 spiro atoms. The number of thioether (sulfide) groups is 1. The average molecular weight is 233 g/mol. The summed E-state index contributed by atoms with van der Waals surface area (Å²) in [6.45, 7) is 1.98. The first-order valence-electron chi connectivity index (χ1n) is 4.98. The van der Waals surface area contributed by atoms with E-state index in [1.165, 1.54) is 11.8 Å². The van der Waals surface area contributed by atoms with E-state index in [1.54, 1.807) is 6.07 Å². The van der Waals surface area contributed by atoms with Gasteiger partial charge >= 0.3 is 5.97 Å². The average Bonchev–Trinajstić information content (AvgIpc) is 2.28. The molecule has 0 aliphatic rings. The maximum Gasteiger partial charge on any atom is 0.338 e. The summed E-state index contributed by atoms with van der Waals surface area (Å²) >= 11 is 1.45. The van der Waals surface area contributed by atoms with E-state index < -0.39 is 5.97 Å². The largest absolute Gasteiger partial charge is 0.478 e. The minimum atomic E-state index is -0.922. The molecule has 3 nitrogen and oxygen atoms in total. The molecule has 2 aromatic rings. The lowest BCUT2D eigenvalue weighted by Crippen LogP contribution is -2.01. The SMILES string of the molecule is CCSc1nc2ccccc2cc1C(=O)O. The predicted molar refractivity (Wildman–Crippen MR) is 65.1 cm³/mol. The summed E-state index contributed by atoms with van der Waals surface area (Å²) in [5, 5.41) is 10.6. The maximum absolute atomic E-state index is 11.1. The van der Waals surface area contributed by atoms with Gasteiger partial charge in [-0.05, 0) is 17.9 Å². The van der Waals surface area contributed by atoms with Gasteiger partial charge in [0.2, 0.25) is 0 Å². The van der Waals surface area contributed by atoms with Gasteiger partial charge in [0.05, 0.1) is 11.1 Å². The third-order valence-corrected chi connectivity index (χ3v) is 3.07. The Kier molecular flexibility index (Phi) is 3.10. The summed E-state index contributed by atoms with van der Waals surface area (Å²) in [5.41, 5.74) is 1.12. The van der Waals surface area contributed by atoms with Gasteiger partial charge in [0.25, 0.3) is 0 Å². The minimum absolute atomic E-state index is 0.283. The van der Waals surface area contributed by atoms with Crippen LogP contribution >= 0.6 is 11.8 Å². The van der Waals surface area contributed by atoms with E-state index in [2.05, 4.69) is 4.98 Å². The molecular weight excluding hydrogens is 222 g/mol. The molecule has 2 rings (SSSR count). The summed E-state index contributed by atoms with van der Waals surface area (Å²) in [5.74, 6) is -0.111. The molecule has 0 saturated heterocycles. The number of carboxylic acid groups (broad SMARTS) is 1. The van der Waals surface area contributed by atoms with Crippen LogP contribution in [-0.4, -0.2) is 21.8 Å². The number of hydrogen-bond acceptors (Lipinski definition) is 3. The maximum atomic E-state index is 11.1. The van der Waals surface area contributed by atoms with Crippen LogP contribution in [0, 0.1) is 0 Å². The molecule has 1 heterocycles. The lowest BCUT2D eigenvalue weighted by Gasteiger charge is -2.05. The second kappa shape index (κ2) is 4.53. The van der Waals surface area contributed by atoms with Crippen molar-refractivity contribution >= 4 is 28.6 Å². The lowest BCUT2D eigenvalue weighted by molar-refractivity contribution is 0.0692. The lowest BCUT2D eigenvalue weighted by atomic mass is 10.1. The fourth-order valence-corrected chi connectivity index (χ4v) is 2.24. The fourth-order valence-electron chi connectivity index (χ4n) is 1.50. The Labute approximate surface area is 97.5 Å². The molecule has 1 aromatic carbocycles. The zero-order valence-corrected chi connectivity index (χ0v) is 9.62. The molecule has 0 aliphatic heterocycles. The van der Waals surface area contributed by atoms with Gasteiger partial charge in [0, 0.05) is 5.39 Å². The second-order valence-corrected chi connectivity index (χ2v) is 4.52. The zero-order chi connectivity index (χ0) is 11.5. The van der Waals surface area contributed by atoms with Crippen molar-refractivity contribution in [2.45, 2.75) is 11.9 Å². The molecule has 0 atom stereocenters. The number of aromatic carboxylic acids is 1. The van der Waals surface area contributed by atoms with Crippen molar-refractivity contribution in [3.05, 3.63) is 35.9 Å². The van der Waals surface area contributed by atoms with Crippen molar-refractivity contribution in [1.82, 2.24) is 4.98 Å². The van der Waals surface area contributed by atoms with Crippen LogP contribution < -0.4 is 0 Å². The molecule has 1 aromatic heterocycles. The molecule has 0 bridgehead atoms. The van der Waals surface area contributed by atoms with Crippen LogP contribution in [-0.2, 0) is 0 Å². The third-order valence-electron chi connectivity index (χ3n) is 2.20. The Morgan fingerprint density at radius 3 is 2.88 bits per heavy atom. The Morgan fingerprint density at radius 2 is 2.19 bits per heavy atom. The second-order valence-electron chi connectivity index (χ2n) is 3.27. The van der Waals surface area contributed by atoms with Gasteiger partial charge in [-0.1, -0.05) is 25.1 Å². The van der Waals surface area contributed by atoms with Crippen LogP contribution in [0.5, 0.6) is 0 Å². The summed E-state index contributed by atoms with van der Waals surface area (Å²) in [7, 11) is 0. The fraction of sp³-hybridized carbons (Fsp3) is 0.167. The summed E-state index contributed by atoms with van der Waals surface area (Å²) < 4.78 is 0. The van der Waals surface area contributed by atoms with Crippen molar-refractivity contribution in [3.8, 4) is 0 Å². The first-order chi connectivity index (χ1) is 7.72. The Morgan fingerprint density at radius 1 is 1.44 bits per heavy atom. The van der Waals surface area contributed by atoms with Gasteiger partial charge in [0.1, 0.15) is 5.03 Å². The van der Waals surface area contributed by atoms with Crippen molar-refractivity contribution in [2.24, 2.45) is 0 Å². The predicted octanol–water partition coefficient (Wildman–Crippen LogP) is 3.05. The molecule has 0 saturated carbocycles. The molecule has 16 heavy (non-hydrogen) atoms. The molecule has 0 fully saturated rings. The van der Waals surface area contributed by atoms with Crippen LogP contribution in [0.4, 0.5) is 0 Å². The molecule has 0 aliphatic carbocycles. The first-order valence-corrected chi connectivity index (χ1v) is 5.97. The number of fused-ring (bicyclic) bond motifs is 1. The number of benzene rings is 1. The normalized spacial score (nSPS) is 10.6. The van der Waals surface area contributed by atoms with E-state index in [0.29, 0.717) is 5.03 Å². The van der Waals surface area contributed by atoms with E-state index in [9.17, 15) is 4.79 Å². The van der Waals surface area contributed by atoms with Crippen molar-refractivity contribution in [1.29, 1.82) is 0 Å². The van der Waals surface area contributed by atoms with Gasteiger partial charge < -0.3 is 5.11 Å². The van der Waals surface area contributed by atoms with Gasteiger partial charge in [-0.15, -0.1) is 11.8 Å². The number of carbonyl (C=O) groups is 1. The number of hydrogen-bond donors (Lipinski definition) is 1. The Bertz CT molecular complexity index is 540. The van der Waals surface area contributed by atoms with Gasteiger partial charge in [0.15, 0.2) is 0 Å². The highest BCUT2D eigenvalue weighted by Crippen LogP contribution is 2.24. The Balaban J connectivity index is 2.65. The molecule has 0 unspecified atom stereocenters. The number of rotatable bonds is 3. The molecule has 0 amide bonds. The van der Waals surface area contributed by atoms with E-state index in [4.69, 9.17) is 5.11 Å². The van der Waals surface area contributed by atoms with E-state index in [-0.39, 0.29) is 5.56 Å². The van der Waals surface area contributed by atoms with E-state index >= 15 is 0 Å². The van der Waals surface area contributed by atoms with Crippen LogP contribution in [0.25, 0.3) is 10.9 Å². The minimum Gasteiger partial charge on any atom is -0.478 e. The van der Waals surface area contributed by atoms with Gasteiger partial charge in [-0.25, -0.2) is 9.78 Å². The third kappa shape index (κ3) is 2.02. The van der Waals surface area contributed by atoms with Crippen LogP contribution in [0.3, 0.4) is 0 Å². The number of carboxylic acids is 1. The molecule has 82 valence electrons. The first kappa shape index (κ1) is 11.0. The molecular formula is C12H11NO2S. The van der Waals surface area contributed by atoms with Crippen LogP contribution in [0.2, 0.25) is 0 Å². The summed E-state index contributed by atoms with van der Waals surface area (Å²) in [6, 6.07) is 9.22.